The fourth-order valence-corrected chi connectivity index (χ4v) is 8.17. The molecule has 11 aromatic rings. The van der Waals surface area contributed by atoms with Crippen molar-refractivity contribution in [3.05, 3.63) is 146 Å². The van der Waals surface area contributed by atoms with Gasteiger partial charge in [0.05, 0.1) is 15.8 Å². The van der Waals surface area contributed by atoms with E-state index < -0.39 is 0 Å². The van der Waals surface area contributed by atoms with Gasteiger partial charge >= 0.3 is 0 Å². The summed E-state index contributed by atoms with van der Waals surface area (Å²) < 4.78 is 13.9. The molecular weight excluding hydrogens is 649 g/mol. The van der Waals surface area contributed by atoms with Crippen LogP contribution in [0.5, 0.6) is 0 Å². The Balaban J connectivity index is 1.19. The van der Waals surface area contributed by atoms with E-state index in [0.29, 0.717) is 17.5 Å². The normalized spacial score (nSPS) is 11.9. The van der Waals surface area contributed by atoms with Crippen LogP contribution < -0.4 is 0 Å². The molecule has 0 saturated heterocycles. The van der Waals surface area contributed by atoms with Crippen LogP contribution in [0.3, 0.4) is 0 Å². The maximum Gasteiger partial charge on any atom is 0.169 e. The van der Waals surface area contributed by atoms with Gasteiger partial charge in [0.15, 0.2) is 17.5 Å². The third-order valence-electron chi connectivity index (χ3n) is 9.55. The Hall–Kier alpha value is -6.70. The molecular formula is C44H24N4O2S. The van der Waals surface area contributed by atoms with E-state index in [1.165, 1.54) is 10.8 Å². The molecule has 0 bridgehead atoms. The highest BCUT2D eigenvalue weighted by molar-refractivity contribution is 7.22. The summed E-state index contributed by atoms with van der Waals surface area (Å²) in [6.07, 6.45) is 0. The summed E-state index contributed by atoms with van der Waals surface area (Å²) in [5.41, 5.74) is 7.59. The van der Waals surface area contributed by atoms with Gasteiger partial charge in [0.25, 0.3) is 0 Å². The third-order valence-corrected chi connectivity index (χ3v) is 10.7. The lowest BCUT2D eigenvalue weighted by molar-refractivity contribution is 0.668. The molecule has 0 fully saturated rings. The zero-order valence-electron chi connectivity index (χ0n) is 26.9. The predicted octanol–water partition coefficient (Wildman–Crippen LogP) is 12.1. The summed E-state index contributed by atoms with van der Waals surface area (Å²) in [5, 5.41) is 7.39. The van der Waals surface area contributed by atoms with Gasteiger partial charge in [-0.1, -0.05) is 109 Å². The van der Waals surface area contributed by atoms with Crippen molar-refractivity contribution >= 4 is 76.2 Å². The van der Waals surface area contributed by atoms with Crippen LogP contribution in [0.2, 0.25) is 0 Å². The van der Waals surface area contributed by atoms with E-state index in [0.717, 1.165) is 81.4 Å². The fourth-order valence-electron chi connectivity index (χ4n) is 7.09. The van der Waals surface area contributed by atoms with Gasteiger partial charge in [-0.25, -0.2) is 19.9 Å². The number of hydrogen-bond acceptors (Lipinski definition) is 7. The number of rotatable bonds is 4. The highest BCUT2D eigenvalue weighted by atomic mass is 32.1. The second-order valence-electron chi connectivity index (χ2n) is 12.6. The molecule has 0 aliphatic carbocycles. The largest absolute Gasteiger partial charge is 0.456 e. The van der Waals surface area contributed by atoms with Crippen molar-refractivity contribution in [1.82, 2.24) is 19.9 Å². The molecule has 0 aliphatic rings. The SMILES string of the molecule is c1ccc(-c2nc(-c3ccc4c(c3)oc3ccccc34)nc(-c3c4oc5ccccc5c4cc4nc(-c5ccc6ccccc6c5)sc34)n2)cc1. The highest BCUT2D eigenvalue weighted by Gasteiger charge is 2.24. The summed E-state index contributed by atoms with van der Waals surface area (Å²) >= 11 is 1.63. The van der Waals surface area contributed by atoms with E-state index in [2.05, 4.69) is 72.8 Å². The van der Waals surface area contributed by atoms with Crippen molar-refractivity contribution in [1.29, 1.82) is 0 Å². The number of nitrogens with zero attached hydrogens (tertiary/aromatic N) is 4. The first-order valence-corrected chi connectivity index (χ1v) is 17.5. The zero-order valence-corrected chi connectivity index (χ0v) is 27.7. The van der Waals surface area contributed by atoms with Crippen molar-refractivity contribution in [2.24, 2.45) is 0 Å². The Kier molecular flexibility index (Phi) is 6.02. The van der Waals surface area contributed by atoms with Crippen LogP contribution in [0.25, 0.3) is 110 Å². The van der Waals surface area contributed by atoms with Crippen LogP contribution in [0.1, 0.15) is 0 Å². The highest BCUT2D eigenvalue weighted by Crippen LogP contribution is 2.45. The number of benzene rings is 7. The molecule has 0 radical (unpaired) electrons. The molecule has 51 heavy (non-hydrogen) atoms. The number of aromatic nitrogens is 4. The first-order valence-electron chi connectivity index (χ1n) is 16.7. The van der Waals surface area contributed by atoms with Crippen molar-refractivity contribution in [2.45, 2.75) is 0 Å². The van der Waals surface area contributed by atoms with Crippen molar-refractivity contribution in [3.8, 4) is 44.7 Å². The van der Waals surface area contributed by atoms with E-state index in [4.69, 9.17) is 28.8 Å². The van der Waals surface area contributed by atoms with Crippen molar-refractivity contribution in [3.63, 3.8) is 0 Å². The topological polar surface area (TPSA) is 77.8 Å². The molecule has 7 heteroatoms. The molecule has 238 valence electrons. The van der Waals surface area contributed by atoms with Crippen LogP contribution in [-0.2, 0) is 0 Å². The first-order chi connectivity index (χ1) is 25.2. The van der Waals surface area contributed by atoms with E-state index in [-0.39, 0.29) is 0 Å². The molecule has 0 N–H and O–H groups in total. The number of hydrogen-bond donors (Lipinski definition) is 0. The van der Waals surface area contributed by atoms with Gasteiger partial charge in [-0.15, -0.1) is 11.3 Å². The minimum absolute atomic E-state index is 0.520. The van der Waals surface area contributed by atoms with E-state index >= 15 is 0 Å². The molecule has 4 aromatic heterocycles. The quantitative estimate of drug-likeness (QED) is 0.185. The Morgan fingerprint density at radius 1 is 0.412 bits per heavy atom. The Labute approximate surface area is 294 Å². The minimum Gasteiger partial charge on any atom is -0.456 e. The molecule has 7 aromatic carbocycles. The van der Waals surface area contributed by atoms with Gasteiger partial charge in [-0.2, -0.15) is 0 Å². The van der Waals surface area contributed by atoms with Gasteiger partial charge in [0.2, 0.25) is 0 Å². The summed E-state index contributed by atoms with van der Waals surface area (Å²) in [6, 6.07) is 49.4. The minimum atomic E-state index is 0.520. The predicted molar refractivity (Wildman–Crippen MR) is 207 cm³/mol. The molecule has 0 amide bonds. The summed E-state index contributed by atoms with van der Waals surface area (Å²) in [4.78, 5) is 20.6. The molecule has 0 saturated carbocycles. The zero-order chi connectivity index (χ0) is 33.5. The Bertz CT molecular complexity index is 3160. The molecule has 4 heterocycles. The third kappa shape index (κ3) is 4.49. The lowest BCUT2D eigenvalue weighted by atomic mass is 10.1. The molecule has 11 rings (SSSR count). The van der Waals surface area contributed by atoms with Gasteiger partial charge in [0, 0.05) is 38.2 Å². The fraction of sp³-hybridized carbons (Fsp3) is 0. The van der Waals surface area contributed by atoms with Gasteiger partial charge in [-0.05, 0) is 47.2 Å². The van der Waals surface area contributed by atoms with Crippen LogP contribution >= 0.6 is 11.3 Å². The Morgan fingerprint density at radius 3 is 1.90 bits per heavy atom. The molecule has 0 spiro atoms. The second kappa shape index (κ2) is 10.9. The smallest absolute Gasteiger partial charge is 0.169 e. The molecule has 0 atom stereocenters. The molecule has 0 unspecified atom stereocenters. The van der Waals surface area contributed by atoms with E-state index in [1.807, 2.05) is 72.8 Å². The second-order valence-corrected chi connectivity index (χ2v) is 13.6. The molecule has 0 aliphatic heterocycles. The average Bonchev–Trinajstić information content (AvgIpc) is 3.90. The lowest BCUT2D eigenvalue weighted by Crippen LogP contribution is -2.00. The summed E-state index contributed by atoms with van der Waals surface area (Å²) in [7, 11) is 0. The van der Waals surface area contributed by atoms with Crippen molar-refractivity contribution in [2.75, 3.05) is 0 Å². The van der Waals surface area contributed by atoms with Crippen LogP contribution in [-0.4, -0.2) is 19.9 Å². The number of thiazole rings is 1. The van der Waals surface area contributed by atoms with Crippen LogP contribution in [0, 0.1) is 0 Å². The summed E-state index contributed by atoms with van der Waals surface area (Å²) in [6.45, 7) is 0. The van der Waals surface area contributed by atoms with Gasteiger partial charge in [-0.3, -0.25) is 0 Å². The Morgan fingerprint density at radius 2 is 1.06 bits per heavy atom. The van der Waals surface area contributed by atoms with Crippen LogP contribution in [0.15, 0.2) is 154 Å². The maximum atomic E-state index is 6.66. The van der Waals surface area contributed by atoms with Crippen LogP contribution in [0.4, 0.5) is 0 Å². The standard InChI is InChI=1S/C44H24N4O2S/c1-2-11-26(12-3-1)41-46-42(28-20-21-32-30-14-6-8-16-35(30)49-37(32)23-28)48-43(47-41)38-39-33(31-15-7-9-17-36(31)50-39)24-34-40(38)51-44(45-34)29-19-18-25-10-4-5-13-27(25)22-29/h1-24H. The summed E-state index contributed by atoms with van der Waals surface area (Å²) in [5.74, 6) is 1.63. The average molecular weight is 673 g/mol. The van der Waals surface area contributed by atoms with Gasteiger partial charge in [0.1, 0.15) is 27.3 Å². The van der Waals surface area contributed by atoms with Gasteiger partial charge < -0.3 is 8.83 Å². The number of furan rings is 2. The maximum absolute atomic E-state index is 6.66. The van der Waals surface area contributed by atoms with E-state index in [9.17, 15) is 0 Å². The molecule has 6 nitrogen and oxygen atoms in total. The first kappa shape index (κ1) is 28.2. The number of fused-ring (bicyclic) bond motifs is 8. The monoisotopic (exact) mass is 672 g/mol. The number of para-hydroxylation sites is 2. The van der Waals surface area contributed by atoms with Crippen molar-refractivity contribution < 1.29 is 8.83 Å². The lowest BCUT2D eigenvalue weighted by Gasteiger charge is -2.09. The van der Waals surface area contributed by atoms with E-state index in [1.54, 1.807) is 11.3 Å².